The molecule has 2 aromatic rings. The Morgan fingerprint density at radius 3 is 2.78 bits per heavy atom. The highest BCUT2D eigenvalue weighted by Crippen LogP contribution is 2.35. The number of rotatable bonds is 2. The number of hydrogen-bond acceptors (Lipinski definition) is 2. The lowest BCUT2D eigenvalue weighted by atomic mass is 10.1. The molecular weight excluding hydrogens is 332 g/mol. The highest BCUT2D eigenvalue weighted by Gasteiger charge is 2.13. The van der Waals surface area contributed by atoms with Crippen LogP contribution in [0.3, 0.4) is 0 Å². The van der Waals surface area contributed by atoms with Crippen molar-refractivity contribution in [3.63, 3.8) is 0 Å². The predicted molar refractivity (Wildman–Crippen MR) is 81.7 cm³/mol. The Balaban J connectivity index is 2.78. The number of halogens is 2. The SMILES string of the molecule is CCc1nc(=S)c(C)c(-c2c(Cl)cccc2Br)[nH]1. The van der Waals surface area contributed by atoms with Crippen LogP contribution in [0.2, 0.25) is 5.02 Å². The van der Waals surface area contributed by atoms with E-state index in [2.05, 4.69) is 25.9 Å². The summed E-state index contributed by atoms with van der Waals surface area (Å²) in [6.07, 6.45) is 0.805. The van der Waals surface area contributed by atoms with E-state index < -0.39 is 0 Å². The molecule has 94 valence electrons. The first-order valence-electron chi connectivity index (χ1n) is 5.58. The van der Waals surface area contributed by atoms with Gasteiger partial charge in [-0.2, -0.15) is 0 Å². The zero-order valence-corrected chi connectivity index (χ0v) is 13.2. The third kappa shape index (κ3) is 2.51. The molecule has 0 aliphatic carbocycles. The number of aryl methyl sites for hydroxylation is 1. The van der Waals surface area contributed by atoms with Gasteiger partial charge in [-0.3, -0.25) is 0 Å². The average Bonchev–Trinajstić information content (AvgIpc) is 2.33. The summed E-state index contributed by atoms with van der Waals surface area (Å²) < 4.78 is 1.56. The van der Waals surface area contributed by atoms with Crippen molar-refractivity contribution >= 4 is 39.7 Å². The lowest BCUT2D eigenvalue weighted by molar-refractivity contribution is 0.926. The summed E-state index contributed by atoms with van der Waals surface area (Å²) in [6, 6.07) is 5.73. The molecule has 5 heteroatoms. The number of hydrogen-bond donors (Lipinski definition) is 1. The molecule has 2 nitrogen and oxygen atoms in total. The van der Waals surface area contributed by atoms with Gasteiger partial charge in [0.1, 0.15) is 10.5 Å². The molecule has 0 saturated carbocycles. The summed E-state index contributed by atoms with van der Waals surface area (Å²) in [5.41, 5.74) is 2.81. The molecule has 0 radical (unpaired) electrons. The second-order valence-corrected chi connectivity index (χ2v) is 5.59. The van der Waals surface area contributed by atoms with E-state index in [1.807, 2.05) is 32.0 Å². The Morgan fingerprint density at radius 2 is 2.17 bits per heavy atom. The van der Waals surface area contributed by atoms with Crippen LogP contribution in [-0.4, -0.2) is 9.97 Å². The normalized spacial score (nSPS) is 10.7. The van der Waals surface area contributed by atoms with E-state index in [1.54, 1.807) is 0 Å². The Bertz CT molecular complexity index is 632. The first-order chi connectivity index (χ1) is 8.54. The van der Waals surface area contributed by atoms with Crippen LogP contribution < -0.4 is 0 Å². The van der Waals surface area contributed by atoms with Gasteiger partial charge < -0.3 is 4.98 Å². The molecule has 1 N–H and O–H groups in total. The summed E-state index contributed by atoms with van der Waals surface area (Å²) in [6.45, 7) is 3.99. The van der Waals surface area contributed by atoms with Gasteiger partial charge in [-0.05, 0) is 19.1 Å². The van der Waals surface area contributed by atoms with Crippen LogP contribution in [-0.2, 0) is 6.42 Å². The molecule has 0 aliphatic heterocycles. The van der Waals surface area contributed by atoms with Gasteiger partial charge in [-0.25, -0.2) is 4.98 Å². The maximum Gasteiger partial charge on any atom is 0.133 e. The third-order valence-corrected chi connectivity index (χ3v) is 4.12. The van der Waals surface area contributed by atoms with Gasteiger partial charge in [0.05, 0.1) is 10.7 Å². The van der Waals surface area contributed by atoms with E-state index in [1.165, 1.54) is 0 Å². The van der Waals surface area contributed by atoms with E-state index in [9.17, 15) is 0 Å². The molecule has 0 aliphatic rings. The largest absolute Gasteiger partial charge is 0.343 e. The van der Waals surface area contributed by atoms with Crippen LogP contribution >= 0.6 is 39.7 Å². The maximum absolute atomic E-state index is 6.28. The van der Waals surface area contributed by atoms with Gasteiger partial charge in [0.25, 0.3) is 0 Å². The molecule has 0 fully saturated rings. The van der Waals surface area contributed by atoms with E-state index in [0.717, 1.165) is 33.5 Å². The third-order valence-electron chi connectivity index (χ3n) is 2.75. The lowest BCUT2D eigenvalue weighted by Gasteiger charge is -2.12. The minimum absolute atomic E-state index is 0.618. The minimum atomic E-state index is 0.618. The van der Waals surface area contributed by atoms with Gasteiger partial charge in [-0.1, -0.05) is 52.7 Å². The molecule has 0 unspecified atom stereocenters. The highest BCUT2D eigenvalue weighted by molar-refractivity contribution is 9.10. The van der Waals surface area contributed by atoms with Crippen LogP contribution in [0.4, 0.5) is 0 Å². The Kier molecular flexibility index (Phi) is 4.20. The molecule has 0 bridgehead atoms. The van der Waals surface area contributed by atoms with Crippen molar-refractivity contribution in [1.29, 1.82) is 0 Å². The standard InChI is InChI=1S/C13H12BrClN2S/c1-3-10-16-12(7(2)13(18)17-10)11-8(14)5-4-6-9(11)15/h4-6H,3H2,1-2H3,(H,16,17,18). The second-order valence-electron chi connectivity index (χ2n) is 3.94. The monoisotopic (exact) mass is 342 g/mol. The summed E-state index contributed by atoms with van der Waals surface area (Å²) in [7, 11) is 0. The van der Waals surface area contributed by atoms with E-state index in [4.69, 9.17) is 23.8 Å². The number of aromatic amines is 1. The molecule has 1 aromatic carbocycles. The van der Waals surface area contributed by atoms with E-state index in [-0.39, 0.29) is 0 Å². The van der Waals surface area contributed by atoms with Crippen molar-refractivity contribution < 1.29 is 0 Å². The smallest absolute Gasteiger partial charge is 0.133 e. The van der Waals surface area contributed by atoms with Gasteiger partial charge in [-0.15, -0.1) is 0 Å². The van der Waals surface area contributed by atoms with Crippen molar-refractivity contribution in [1.82, 2.24) is 9.97 Å². The second kappa shape index (κ2) is 5.51. The zero-order chi connectivity index (χ0) is 13.3. The summed E-state index contributed by atoms with van der Waals surface area (Å²) >= 11 is 15.1. The molecule has 2 rings (SSSR count). The molecule has 0 amide bonds. The van der Waals surface area contributed by atoms with Crippen molar-refractivity contribution in [2.75, 3.05) is 0 Å². The number of H-pyrrole nitrogens is 1. The molecule has 0 atom stereocenters. The van der Waals surface area contributed by atoms with Gasteiger partial charge in [0, 0.05) is 22.0 Å². The van der Waals surface area contributed by atoms with Crippen LogP contribution in [0.25, 0.3) is 11.3 Å². The van der Waals surface area contributed by atoms with E-state index >= 15 is 0 Å². The topological polar surface area (TPSA) is 28.7 Å². The number of nitrogens with one attached hydrogen (secondary N) is 1. The van der Waals surface area contributed by atoms with Crippen LogP contribution in [0.5, 0.6) is 0 Å². The quantitative estimate of drug-likeness (QED) is 0.769. The summed E-state index contributed by atoms with van der Waals surface area (Å²) in [5, 5.41) is 0.686. The molecular formula is C13H12BrClN2S. The fourth-order valence-electron chi connectivity index (χ4n) is 1.73. The first kappa shape index (κ1) is 13.7. The van der Waals surface area contributed by atoms with Crippen molar-refractivity contribution in [2.45, 2.75) is 20.3 Å². The van der Waals surface area contributed by atoms with Crippen LogP contribution in [0, 0.1) is 11.6 Å². The number of benzene rings is 1. The van der Waals surface area contributed by atoms with Crippen molar-refractivity contribution in [3.05, 3.63) is 43.7 Å². The Morgan fingerprint density at radius 1 is 1.44 bits per heavy atom. The van der Waals surface area contributed by atoms with E-state index in [0.29, 0.717) is 9.66 Å². The molecule has 0 saturated heterocycles. The molecule has 1 aromatic heterocycles. The number of aromatic nitrogens is 2. The maximum atomic E-state index is 6.28. The van der Waals surface area contributed by atoms with Crippen LogP contribution in [0.1, 0.15) is 18.3 Å². The highest BCUT2D eigenvalue weighted by atomic mass is 79.9. The molecule has 1 heterocycles. The fraction of sp³-hybridized carbons (Fsp3) is 0.231. The minimum Gasteiger partial charge on any atom is -0.343 e. The van der Waals surface area contributed by atoms with Gasteiger partial charge >= 0.3 is 0 Å². The predicted octanol–water partition coefficient (Wildman–Crippen LogP) is 5.09. The molecule has 18 heavy (non-hydrogen) atoms. The zero-order valence-electron chi connectivity index (χ0n) is 10.1. The summed E-state index contributed by atoms with van der Waals surface area (Å²) in [5.74, 6) is 0.868. The molecule has 0 spiro atoms. The first-order valence-corrected chi connectivity index (χ1v) is 7.16. The van der Waals surface area contributed by atoms with Gasteiger partial charge in [0.2, 0.25) is 0 Å². The lowest BCUT2D eigenvalue weighted by Crippen LogP contribution is -2.00. The Labute approximate surface area is 125 Å². The number of nitrogens with zero attached hydrogens (tertiary/aromatic N) is 1. The Hall–Kier alpha value is -0.710. The van der Waals surface area contributed by atoms with Crippen LogP contribution in [0.15, 0.2) is 22.7 Å². The van der Waals surface area contributed by atoms with Crippen molar-refractivity contribution in [2.24, 2.45) is 0 Å². The average molecular weight is 344 g/mol. The fourth-order valence-corrected chi connectivity index (χ4v) is 2.89. The summed E-state index contributed by atoms with van der Waals surface area (Å²) in [4.78, 5) is 7.65. The van der Waals surface area contributed by atoms with Crippen molar-refractivity contribution in [3.8, 4) is 11.3 Å². The van der Waals surface area contributed by atoms with Gasteiger partial charge in [0.15, 0.2) is 0 Å².